The molecule has 0 aromatic heterocycles. The van der Waals surface area contributed by atoms with E-state index in [1.54, 1.807) is 0 Å². The van der Waals surface area contributed by atoms with E-state index in [0.29, 0.717) is 0 Å². The molecule has 1 aliphatic rings. The highest BCUT2D eigenvalue weighted by Gasteiger charge is 2.30. The fourth-order valence-corrected chi connectivity index (χ4v) is 1.73. The van der Waals surface area contributed by atoms with Gasteiger partial charge in [0.1, 0.15) is 0 Å². The number of amides is 2. The van der Waals surface area contributed by atoms with Gasteiger partial charge in [-0.15, -0.1) is 0 Å². The Morgan fingerprint density at radius 3 is 2.27 bits per heavy atom. The minimum atomic E-state index is -0.436. The van der Waals surface area contributed by atoms with Gasteiger partial charge >= 0.3 is 0 Å². The summed E-state index contributed by atoms with van der Waals surface area (Å²) in [6.45, 7) is 5.69. The largest absolute Gasteiger partial charge is 0.296 e. The highest BCUT2D eigenvalue weighted by atomic mass is 16.2. The highest BCUT2D eigenvalue weighted by molar-refractivity contribution is 5.98. The van der Waals surface area contributed by atoms with E-state index in [1.165, 1.54) is 0 Å². The SMILES string of the molecule is CCC(C)(C)C(=O)NC(=O)C1CCCC1. The minimum Gasteiger partial charge on any atom is -0.296 e. The predicted molar refractivity (Wildman–Crippen MR) is 59.2 cm³/mol. The normalized spacial score (nSPS) is 17.8. The third kappa shape index (κ3) is 3.05. The number of hydrogen-bond acceptors (Lipinski definition) is 2. The maximum atomic E-state index is 11.7. The van der Waals surface area contributed by atoms with Crippen molar-refractivity contribution in [3.63, 3.8) is 0 Å². The summed E-state index contributed by atoms with van der Waals surface area (Å²) >= 11 is 0. The summed E-state index contributed by atoms with van der Waals surface area (Å²) in [7, 11) is 0. The van der Waals surface area contributed by atoms with E-state index in [4.69, 9.17) is 0 Å². The van der Waals surface area contributed by atoms with Crippen molar-refractivity contribution < 1.29 is 9.59 Å². The Balaban J connectivity index is 2.47. The van der Waals surface area contributed by atoms with Gasteiger partial charge in [-0.3, -0.25) is 14.9 Å². The average Bonchev–Trinajstić information content (AvgIpc) is 2.70. The smallest absolute Gasteiger partial charge is 0.232 e. The first kappa shape index (κ1) is 12.2. The van der Waals surface area contributed by atoms with Crippen LogP contribution in [0.5, 0.6) is 0 Å². The number of rotatable bonds is 3. The number of hydrogen-bond donors (Lipinski definition) is 1. The minimum absolute atomic E-state index is 0.0703. The van der Waals surface area contributed by atoms with Crippen LogP contribution in [0, 0.1) is 11.3 Å². The van der Waals surface area contributed by atoms with Crippen molar-refractivity contribution in [1.29, 1.82) is 0 Å². The summed E-state index contributed by atoms with van der Waals surface area (Å²) in [6.07, 6.45) is 4.85. The van der Waals surface area contributed by atoms with Crippen molar-refractivity contribution in [1.82, 2.24) is 5.32 Å². The first-order chi connectivity index (χ1) is 6.97. The zero-order valence-electron chi connectivity index (χ0n) is 9.93. The van der Waals surface area contributed by atoms with Crippen molar-refractivity contribution in [3.8, 4) is 0 Å². The van der Waals surface area contributed by atoms with Gasteiger partial charge in [0.2, 0.25) is 11.8 Å². The second-order valence-electron chi connectivity index (χ2n) is 5.04. The Bertz CT molecular complexity index is 252. The van der Waals surface area contributed by atoms with Gasteiger partial charge in [-0.05, 0) is 19.3 Å². The molecule has 15 heavy (non-hydrogen) atoms. The van der Waals surface area contributed by atoms with Crippen LogP contribution in [0.25, 0.3) is 0 Å². The zero-order valence-corrected chi connectivity index (χ0v) is 9.93. The summed E-state index contributed by atoms with van der Waals surface area (Å²) in [5, 5.41) is 2.54. The maximum Gasteiger partial charge on any atom is 0.232 e. The molecule has 0 unspecified atom stereocenters. The molecule has 1 fully saturated rings. The van der Waals surface area contributed by atoms with Crippen LogP contribution < -0.4 is 5.32 Å². The lowest BCUT2D eigenvalue weighted by Gasteiger charge is -2.21. The molecule has 86 valence electrons. The number of imide groups is 1. The first-order valence-electron chi connectivity index (χ1n) is 5.82. The van der Waals surface area contributed by atoms with Crippen LogP contribution in [-0.2, 0) is 9.59 Å². The van der Waals surface area contributed by atoms with Gasteiger partial charge in [0.15, 0.2) is 0 Å². The van der Waals surface area contributed by atoms with Crippen molar-refractivity contribution >= 4 is 11.8 Å². The zero-order chi connectivity index (χ0) is 11.5. The molecule has 1 rings (SSSR count). The Morgan fingerprint density at radius 1 is 1.27 bits per heavy atom. The summed E-state index contributed by atoms with van der Waals surface area (Å²) in [5.74, 6) is -0.137. The third-order valence-corrected chi connectivity index (χ3v) is 3.46. The lowest BCUT2D eigenvalue weighted by atomic mass is 9.89. The van der Waals surface area contributed by atoms with Crippen LogP contribution in [0.3, 0.4) is 0 Å². The molecule has 1 aliphatic carbocycles. The van der Waals surface area contributed by atoms with Crippen LogP contribution in [0.1, 0.15) is 52.9 Å². The van der Waals surface area contributed by atoms with E-state index in [1.807, 2.05) is 20.8 Å². The number of carbonyl (C=O) groups excluding carboxylic acids is 2. The van der Waals surface area contributed by atoms with E-state index < -0.39 is 5.41 Å². The molecule has 1 saturated carbocycles. The molecule has 0 atom stereocenters. The van der Waals surface area contributed by atoms with E-state index in [-0.39, 0.29) is 17.7 Å². The van der Waals surface area contributed by atoms with Gasteiger partial charge in [-0.1, -0.05) is 33.6 Å². The Labute approximate surface area is 91.6 Å². The monoisotopic (exact) mass is 211 g/mol. The Hall–Kier alpha value is -0.860. The molecule has 3 nitrogen and oxygen atoms in total. The molecular weight excluding hydrogens is 190 g/mol. The van der Waals surface area contributed by atoms with Gasteiger partial charge < -0.3 is 0 Å². The summed E-state index contributed by atoms with van der Waals surface area (Å²) in [6, 6.07) is 0. The molecular formula is C12H21NO2. The van der Waals surface area contributed by atoms with Crippen molar-refractivity contribution in [3.05, 3.63) is 0 Å². The van der Waals surface area contributed by atoms with Crippen LogP contribution in [0.2, 0.25) is 0 Å². The van der Waals surface area contributed by atoms with Crippen molar-refractivity contribution in [2.75, 3.05) is 0 Å². The molecule has 0 aliphatic heterocycles. The third-order valence-electron chi connectivity index (χ3n) is 3.46. The maximum absolute atomic E-state index is 11.7. The Morgan fingerprint density at radius 2 is 1.80 bits per heavy atom. The molecule has 0 radical (unpaired) electrons. The molecule has 0 bridgehead atoms. The molecule has 3 heteroatoms. The molecule has 0 aromatic rings. The molecule has 0 heterocycles. The van der Waals surface area contributed by atoms with E-state index >= 15 is 0 Å². The van der Waals surface area contributed by atoms with Gasteiger partial charge in [0.05, 0.1) is 0 Å². The van der Waals surface area contributed by atoms with E-state index in [9.17, 15) is 9.59 Å². The van der Waals surface area contributed by atoms with Gasteiger partial charge in [0.25, 0.3) is 0 Å². The highest BCUT2D eigenvalue weighted by Crippen LogP contribution is 2.25. The van der Waals surface area contributed by atoms with Gasteiger partial charge in [-0.25, -0.2) is 0 Å². The molecule has 0 aromatic carbocycles. The lowest BCUT2D eigenvalue weighted by Crippen LogP contribution is -2.42. The van der Waals surface area contributed by atoms with Crippen molar-refractivity contribution in [2.45, 2.75) is 52.9 Å². The fraction of sp³-hybridized carbons (Fsp3) is 0.833. The summed E-state index contributed by atoms with van der Waals surface area (Å²) in [5.41, 5.74) is -0.436. The average molecular weight is 211 g/mol. The van der Waals surface area contributed by atoms with Crippen LogP contribution in [0.15, 0.2) is 0 Å². The standard InChI is InChI=1S/C12H21NO2/c1-4-12(2,3)11(15)13-10(14)9-7-5-6-8-9/h9H,4-8H2,1-3H3,(H,13,14,15). The topological polar surface area (TPSA) is 46.2 Å². The first-order valence-corrected chi connectivity index (χ1v) is 5.82. The second-order valence-corrected chi connectivity index (χ2v) is 5.04. The van der Waals surface area contributed by atoms with Crippen LogP contribution >= 0.6 is 0 Å². The van der Waals surface area contributed by atoms with Crippen molar-refractivity contribution in [2.24, 2.45) is 11.3 Å². The summed E-state index contributed by atoms with van der Waals surface area (Å²) in [4.78, 5) is 23.4. The van der Waals surface area contributed by atoms with E-state index in [2.05, 4.69) is 5.32 Å². The number of nitrogens with one attached hydrogen (secondary N) is 1. The number of carbonyl (C=O) groups is 2. The quantitative estimate of drug-likeness (QED) is 0.778. The molecule has 0 saturated heterocycles. The summed E-state index contributed by atoms with van der Waals surface area (Å²) < 4.78 is 0. The second kappa shape index (κ2) is 4.77. The predicted octanol–water partition coefficient (Wildman–Crippen LogP) is 2.26. The Kier molecular flexibility index (Phi) is 3.89. The molecule has 1 N–H and O–H groups in total. The molecule has 2 amide bonds. The van der Waals surface area contributed by atoms with Gasteiger partial charge in [0, 0.05) is 11.3 Å². The lowest BCUT2D eigenvalue weighted by molar-refractivity contribution is -0.137. The molecule has 0 spiro atoms. The van der Waals surface area contributed by atoms with E-state index in [0.717, 1.165) is 32.1 Å². The van der Waals surface area contributed by atoms with Crippen LogP contribution in [-0.4, -0.2) is 11.8 Å². The van der Waals surface area contributed by atoms with Crippen LogP contribution in [0.4, 0.5) is 0 Å². The van der Waals surface area contributed by atoms with Gasteiger partial charge in [-0.2, -0.15) is 0 Å². The fourth-order valence-electron chi connectivity index (χ4n) is 1.73.